The predicted octanol–water partition coefficient (Wildman–Crippen LogP) is 0.908. The smallest absolute Gasteiger partial charge is 0.329 e. The zero-order valence-corrected chi connectivity index (χ0v) is 8.60. The third kappa shape index (κ3) is 2.09. The van der Waals surface area contributed by atoms with Crippen molar-refractivity contribution < 1.29 is 4.79 Å². The maximum atomic E-state index is 11.0. The molecule has 0 aliphatic rings. The molecule has 0 unspecified atom stereocenters. The molecule has 0 saturated carbocycles. The van der Waals surface area contributed by atoms with E-state index in [2.05, 4.69) is 10.3 Å². The first-order valence-corrected chi connectivity index (χ1v) is 4.88. The highest BCUT2D eigenvalue weighted by Gasteiger charge is 2.02. The maximum Gasteiger partial charge on any atom is 0.329 e. The molecule has 0 radical (unpaired) electrons. The SMILES string of the molecule is NNC(=O)NCc1cccc2cccnc12. The van der Waals surface area contributed by atoms with E-state index in [1.165, 1.54) is 0 Å². The lowest BCUT2D eigenvalue weighted by Crippen LogP contribution is -2.39. The summed E-state index contributed by atoms with van der Waals surface area (Å²) in [5, 5.41) is 3.68. The van der Waals surface area contributed by atoms with Crippen molar-refractivity contribution in [1.29, 1.82) is 0 Å². The molecule has 1 aromatic heterocycles. The average Bonchev–Trinajstić information content (AvgIpc) is 2.35. The van der Waals surface area contributed by atoms with Crippen molar-refractivity contribution in [3.05, 3.63) is 42.1 Å². The molecule has 4 N–H and O–H groups in total. The normalized spacial score (nSPS) is 10.1. The number of benzene rings is 1. The fourth-order valence-electron chi connectivity index (χ4n) is 1.54. The minimum atomic E-state index is -0.409. The first kappa shape index (κ1) is 10.4. The number of pyridine rings is 1. The van der Waals surface area contributed by atoms with Gasteiger partial charge >= 0.3 is 6.03 Å². The van der Waals surface area contributed by atoms with Crippen LogP contribution in [0.3, 0.4) is 0 Å². The van der Waals surface area contributed by atoms with Crippen LogP contribution in [0, 0.1) is 0 Å². The second kappa shape index (κ2) is 4.59. The monoisotopic (exact) mass is 216 g/mol. The van der Waals surface area contributed by atoms with E-state index in [0.717, 1.165) is 16.5 Å². The molecule has 0 spiro atoms. The summed E-state index contributed by atoms with van der Waals surface area (Å²) in [7, 11) is 0. The zero-order valence-electron chi connectivity index (χ0n) is 8.60. The molecule has 0 saturated heterocycles. The van der Waals surface area contributed by atoms with Gasteiger partial charge in [0.25, 0.3) is 0 Å². The van der Waals surface area contributed by atoms with E-state index in [0.29, 0.717) is 6.54 Å². The molecule has 0 aliphatic carbocycles. The number of nitrogens with zero attached hydrogens (tertiary/aromatic N) is 1. The fraction of sp³-hybridized carbons (Fsp3) is 0.0909. The van der Waals surface area contributed by atoms with Gasteiger partial charge in [-0.05, 0) is 11.6 Å². The molecule has 2 amide bonds. The Bertz CT molecular complexity index is 507. The van der Waals surface area contributed by atoms with Gasteiger partial charge in [-0.15, -0.1) is 0 Å². The van der Waals surface area contributed by atoms with E-state index < -0.39 is 6.03 Å². The maximum absolute atomic E-state index is 11.0. The number of hydrazine groups is 1. The lowest BCUT2D eigenvalue weighted by molar-refractivity contribution is 0.241. The van der Waals surface area contributed by atoms with Gasteiger partial charge in [0.15, 0.2) is 0 Å². The van der Waals surface area contributed by atoms with Gasteiger partial charge in [-0.2, -0.15) is 0 Å². The summed E-state index contributed by atoms with van der Waals surface area (Å²) in [4.78, 5) is 15.2. The van der Waals surface area contributed by atoms with Gasteiger partial charge in [0.05, 0.1) is 5.52 Å². The van der Waals surface area contributed by atoms with Crippen LogP contribution in [0.25, 0.3) is 10.9 Å². The lowest BCUT2D eigenvalue weighted by atomic mass is 10.1. The summed E-state index contributed by atoms with van der Waals surface area (Å²) in [5.74, 6) is 4.97. The molecular formula is C11H12N4O. The van der Waals surface area contributed by atoms with Gasteiger partial charge < -0.3 is 5.32 Å². The van der Waals surface area contributed by atoms with Gasteiger partial charge in [-0.25, -0.2) is 10.6 Å². The van der Waals surface area contributed by atoms with Crippen LogP contribution < -0.4 is 16.6 Å². The molecule has 82 valence electrons. The van der Waals surface area contributed by atoms with Gasteiger partial charge in [-0.3, -0.25) is 10.4 Å². The van der Waals surface area contributed by atoms with E-state index in [1.54, 1.807) is 6.20 Å². The largest absolute Gasteiger partial charge is 0.333 e. The molecule has 0 atom stereocenters. The zero-order chi connectivity index (χ0) is 11.4. The Labute approximate surface area is 92.6 Å². The number of nitrogens with one attached hydrogen (secondary N) is 2. The average molecular weight is 216 g/mol. The lowest BCUT2D eigenvalue weighted by Gasteiger charge is -2.06. The molecule has 1 heterocycles. The van der Waals surface area contributed by atoms with Crippen molar-refractivity contribution in [1.82, 2.24) is 15.7 Å². The van der Waals surface area contributed by atoms with Gasteiger partial charge in [0, 0.05) is 18.1 Å². The van der Waals surface area contributed by atoms with Crippen LogP contribution >= 0.6 is 0 Å². The molecule has 2 rings (SSSR count). The molecule has 2 aromatic rings. The Morgan fingerprint density at radius 3 is 2.94 bits per heavy atom. The summed E-state index contributed by atoms with van der Waals surface area (Å²) in [6.07, 6.45) is 1.73. The van der Waals surface area contributed by atoms with Crippen molar-refractivity contribution >= 4 is 16.9 Å². The number of hydrogen-bond acceptors (Lipinski definition) is 3. The van der Waals surface area contributed by atoms with Crippen molar-refractivity contribution in [3.63, 3.8) is 0 Å². The van der Waals surface area contributed by atoms with Crippen LogP contribution in [-0.2, 0) is 6.54 Å². The highest BCUT2D eigenvalue weighted by atomic mass is 16.2. The minimum absolute atomic E-state index is 0.400. The molecule has 0 aliphatic heterocycles. The second-order valence-corrected chi connectivity index (χ2v) is 3.32. The number of nitrogens with two attached hydrogens (primary N) is 1. The first-order valence-electron chi connectivity index (χ1n) is 4.88. The van der Waals surface area contributed by atoms with Crippen molar-refractivity contribution in [2.45, 2.75) is 6.54 Å². The first-order chi connectivity index (χ1) is 7.81. The van der Waals surface area contributed by atoms with Crippen molar-refractivity contribution in [2.75, 3.05) is 0 Å². The standard InChI is InChI=1S/C11H12N4O/c12-15-11(16)14-7-9-4-1-3-8-5-2-6-13-10(8)9/h1-6H,7,12H2,(H2,14,15,16). The molecule has 0 bridgehead atoms. The minimum Gasteiger partial charge on any atom is -0.333 e. The summed E-state index contributed by atoms with van der Waals surface area (Å²) >= 11 is 0. The number of carbonyl (C=O) groups excluding carboxylic acids is 1. The Morgan fingerprint density at radius 2 is 2.12 bits per heavy atom. The Kier molecular flexibility index (Phi) is 2.98. The number of urea groups is 1. The number of carbonyl (C=O) groups is 1. The second-order valence-electron chi connectivity index (χ2n) is 3.32. The summed E-state index contributed by atoms with van der Waals surface area (Å²) < 4.78 is 0. The van der Waals surface area contributed by atoms with E-state index in [1.807, 2.05) is 35.8 Å². The number of fused-ring (bicyclic) bond motifs is 1. The van der Waals surface area contributed by atoms with Crippen molar-refractivity contribution in [2.24, 2.45) is 5.84 Å². The fourth-order valence-corrected chi connectivity index (χ4v) is 1.54. The van der Waals surface area contributed by atoms with E-state index in [-0.39, 0.29) is 0 Å². The topological polar surface area (TPSA) is 80.0 Å². The van der Waals surface area contributed by atoms with Gasteiger partial charge in [0.2, 0.25) is 0 Å². The van der Waals surface area contributed by atoms with Gasteiger partial charge in [-0.1, -0.05) is 24.3 Å². The van der Waals surface area contributed by atoms with Crippen LogP contribution in [0.15, 0.2) is 36.5 Å². The molecule has 5 heteroatoms. The highest BCUT2D eigenvalue weighted by molar-refractivity contribution is 5.82. The molecule has 0 fully saturated rings. The van der Waals surface area contributed by atoms with Crippen LogP contribution in [0.1, 0.15) is 5.56 Å². The van der Waals surface area contributed by atoms with Crippen LogP contribution in [0.2, 0.25) is 0 Å². The summed E-state index contributed by atoms with van der Waals surface area (Å²) in [5.41, 5.74) is 3.86. The van der Waals surface area contributed by atoms with Crippen LogP contribution in [0.5, 0.6) is 0 Å². The van der Waals surface area contributed by atoms with Gasteiger partial charge in [0.1, 0.15) is 0 Å². The van der Waals surface area contributed by atoms with Crippen LogP contribution in [-0.4, -0.2) is 11.0 Å². The number of rotatable bonds is 2. The number of para-hydroxylation sites is 1. The Morgan fingerprint density at radius 1 is 1.31 bits per heavy atom. The third-order valence-corrected chi connectivity index (χ3v) is 2.29. The summed E-state index contributed by atoms with van der Waals surface area (Å²) in [6.45, 7) is 0.400. The number of amides is 2. The molecule has 1 aromatic carbocycles. The molecule has 16 heavy (non-hydrogen) atoms. The molecular weight excluding hydrogens is 204 g/mol. The third-order valence-electron chi connectivity index (χ3n) is 2.29. The van der Waals surface area contributed by atoms with Crippen LogP contribution in [0.4, 0.5) is 4.79 Å². The Hall–Kier alpha value is -2.14. The number of aromatic nitrogens is 1. The van der Waals surface area contributed by atoms with E-state index in [9.17, 15) is 4.79 Å². The van der Waals surface area contributed by atoms with E-state index in [4.69, 9.17) is 5.84 Å². The Balaban J connectivity index is 2.27. The molecule has 5 nitrogen and oxygen atoms in total. The van der Waals surface area contributed by atoms with Crippen molar-refractivity contribution in [3.8, 4) is 0 Å². The predicted molar refractivity (Wildman–Crippen MR) is 61.3 cm³/mol. The summed E-state index contributed by atoms with van der Waals surface area (Å²) in [6, 6.07) is 9.29. The quantitative estimate of drug-likeness (QED) is 0.396. The number of hydrogen-bond donors (Lipinski definition) is 3. The highest BCUT2D eigenvalue weighted by Crippen LogP contribution is 2.15. The van der Waals surface area contributed by atoms with E-state index >= 15 is 0 Å².